The van der Waals surface area contributed by atoms with E-state index in [9.17, 15) is 59.1 Å². The number of benzene rings is 5. The lowest BCUT2D eigenvalue weighted by atomic mass is 9.73. The molecule has 4 aliphatic heterocycles. The van der Waals surface area contributed by atoms with Crippen molar-refractivity contribution in [1.29, 1.82) is 0 Å². The van der Waals surface area contributed by atoms with E-state index in [2.05, 4.69) is 61.6 Å². The number of alkyl halides is 3. The predicted octanol–water partition coefficient (Wildman–Crippen LogP) is 12.6. The number of amides is 5. The van der Waals surface area contributed by atoms with Crippen LogP contribution in [-0.4, -0.2) is 184 Å². The van der Waals surface area contributed by atoms with Crippen molar-refractivity contribution in [2.24, 2.45) is 22.7 Å². The number of piperazine rings is 1. The van der Waals surface area contributed by atoms with Crippen LogP contribution >= 0.6 is 34.7 Å². The van der Waals surface area contributed by atoms with Gasteiger partial charge in [-0.3, -0.25) is 28.9 Å². The second-order valence-electron chi connectivity index (χ2n) is 31.1. The molecule has 0 bridgehead atoms. The molecule has 4 saturated heterocycles. The number of aliphatic hydroxyl groups excluding tert-OH is 1. The summed E-state index contributed by atoms with van der Waals surface area (Å²) in [5.74, 6) is -1.64. The van der Waals surface area contributed by atoms with Crippen LogP contribution in [0.5, 0.6) is 0 Å². The molecule has 1 aliphatic carbocycles. The number of unbranched alkanes of at least 4 members (excludes halogenated alkanes) is 2. The zero-order chi connectivity index (χ0) is 76.8. The zero-order valence-corrected chi connectivity index (χ0v) is 65.7. The van der Waals surface area contributed by atoms with Crippen molar-refractivity contribution in [1.82, 2.24) is 39.9 Å². The molecule has 576 valence electrons. The van der Waals surface area contributed by atoms with Gasteiger partial charge in [0.05, 0.1) is 38.8 Å². The normalized spacial score (nSPS) is 20.4. The molecule has 6 aromatic rings. The predicted molar refractivity (Wildman–Crippen MR) is 414 cm³/mol. The van der Waals surface area contributed by atoms with Crippen LogP contribution < -0.4 is 25.6 Å². The third kappa shape index (κ3) is 20.4. The standard InChI is InChI=1S/C79H98ClF3N10O10S4/c1-51(53-18-20-55(21-19-53)72-52(2)84-50-105-72)85-75(98)68-40-63(94)48-93(68)76(99)73(77(3,4)5)87-70(95)16-12-9-13-17-71(96)92-46-58-44-90(45-59(58)47-92)35-33-61(49-104-64-14-10-8-11-15-64)86-67-31-30-65(41-69(67)106(100,101)79(81,82)83)107(102,103)88-74(97)56-24-28-62(29-25-56)91-38-36-89(37-39-91)43-57-42-78(6,7)34-32-66(57)54-22-26-60(80)27-23-54/h8,10-11,14-15,18-31,41,50-51,58-59,61,63,68,73,86,94H,9,12-13,16-17,32-40,42-49H2,1-7H3,(H,85,98)(H,87,95)(H,88,97)/t51-,58?,59?,61+,63?,68?,73+/m0/s1. The summed E-state index contributed by atoms with van der Waals surface area (Å²) in [6.45, 7) is 20.6. The Hall–Kier alpha value is -7.37. The average Bonchev–Trinajstić information content (AvgIpc) is 1.71. The first-order valence-electron chi connectivity index (χ1n) is 36.8. The number of nitrogens with one attached hydrogen (secondary N) is 4. The largest absolute Gasteiger partial charge is 0.501 e. The number of sulfone groups is 1. The molecule has 5 N–H and O–H groups in total. The number of anilines is 2. The number of fused-ring (bicyclic) bond motifs is 1. The molecular weight excluding hydrogens is 1470 g/mol. The monoisotopic (exact) mass is 1570 g/mol. The van der Waals surface area contributed by atoms with Crippen LogP contribution in [0, 0.1) is 29.6 Å². The Bertz CT molecular complexity index is 4410. The van der Waals surface area contributed by atoms with E-state index in [0.29, 0.717) is 82.6 Å². The maximum Gasteiger partial charge on any atom is 0.501 e. The van der Waals surface area contributed by atoms with Crippen molar-refractivity contribution in [3.8, 4) is 10.4 Å². The first-order chi connectivity index (χ1) is 50.7. The summed E-state index contributed by atoms with van der Waals surface area (Å²) in [6, 6.07) is 31.0. The van der Waals surface area contributed by atoms with Crippen LogP contribution in [0.2, 0.25) is 5.02 Å². The molecule has 4 fully saturated rings. The highest BCUT2D eigenvalue weighted by Crippen LogP contribution is 2.44. The topological polar surface area (TPSA) is 251 Å². The number of aromatic nitrogens is 1. The highest BCUT2D eigenvalue weighted by Gasteiger charge is 2.50. The molecule has 107 heavy (non-hydrogen) atoms. The Morgan fingerprint density at radius 2 is 1.45 bits per heavy atom. The minimum Gasteiger partial charge on any atom is -0.391 e. The lowest BCUT2D eigenvalue weighted by Crippen LogP contribution is -2.57. The SMILES string of the molecule is Cc1ncsc1-c1ccc([C@H](C)NC(=O)C2CC(O)CN2C(=O)[C@@H](NC(=O)CCCCCC(=O)N2CC3CN(CC[C@H](CSc4ccccc4)Nc4ccc(S(=O)(=O)NC(=O)c5ccc(N6CCN(CC7=C(c8ccc(Cl)cc8)CCC(C)(C)C7)CC6)cc5)cc4S(=O)(=O)C(F)(F)F)CC3C2)C(C)(C)C)cc1. The number of aliphatic hydroxyl groups is 1. The van der Waals surface area contributed by atoms with Gasteiger partial charge in [-0.05, 0) is 164 Å². The van der Waals surface area contributed by atoms with Crippen LogP contribution in [0.25, 0.3) is 16.0 Å². The van der Waals surface area contributed by atoms with Crippen LogP contribution in [-0.2, 0) is 39.0 Å². The molecule has 5 aliphatic rings. The van der Waals surface area contributed by atoms with Gasteiger partial charge in [-0.15, -0.1) is 23.1 Å². The molecule has 0 saturated carbocycles. The molecule has 5 heterocycles. The maximum atomic E-state index is 14.6. The Kier molecular flexibility index (Phi) is 25.8. The molecule has 5 aromatic carbocycles. The second kappa shape index (κ2) is 34.3. The number of hydrogen-bond acceptors (Lipinski definition) is 17. The first kappa shape index (κ1) is 80.6. The number of nitrogens with zero attached hydrogens (tertiary/aromatic N) is 6. The van der Waals surface area contributed by atoms with Gasteiger partial charge in [0.15, 0.2) is 0 Å². The molecule has 20 nitrogen and oxygen atoms in total. The van der Waals surface area contributed by atoms with E-state index in [1.165, 1.54) is 45.5 Å². The minimum atomic E-state index is -6.17. The van der Waals surface area contributed by atoms with E-state index in [-0.39, 0.29) is 66.2 Å². The van der Waals surface area contributed by atoms with Gasteiger partial charge in [0.1, 0.15) is 17.0 Å². The smallest absolute Gasteiger partial charge is 0.391 e. The number of likely N-dealkylation sites (tertiary alicyclic amines) is 3. The van der Waals surface area contributed by atoms with Crippen molar-refractivity contribution >= 4 is 101 Å². The number of allylic oxidation sites excluding steroid dienone is 1. The van der Waals surface area contributed by atoms with Crippen molar-refractivity contribution in [2.75, 3.05) is 88.0 Å². The molecule has 7 atom stereocenters. The van der Waals surface area contributed by atoms with Gasteiger partial charge in [0.2, 0.25) is 23.6 Å². The summed E-state index contributed by atoms with van der Waals surface area (Å²) < 4.78 is 101. The maximum absolute atomic E-state index is 14.6. The van der Waals surface area contributed by atoms with Gasteiger partial charge in [0, 0.05) is 124 Å². The summed E-state index contributed by atoms with van der Waals surface area (Å²) in [5, 5.41) is 20.5. The average molecular weight is 1570 g/mol. The summed E-state index contributed by atoms with van der Waals surface area (Å²) in [5.41, 5.74) is 2.59. The lowest BCUT2D eigenvalue weighted by Gasteiger charge is -2.39. The fraction of sp³-hybridized carbons (Fsp3) is 0.494. The lowest BCUT2D eigenvalue weighted by molar-refractivity contribution is -0.144. The van der Waals surface area contributed by atoms with Crippen molar-refractivity contribution in [2.45, 2.75) is 163 Å². The van der Waals surface area contributed by atoms with Gasteiger partial charge in [0.25, 0.3) is 25.8 Å². The Balaban J connectivity index is 0.643. The Morgan fingerprint density at radius 1 is 0.785 bits per heavy atom. The second-order valence-corrected chi connectivity index (χ2v) is 37.0. The molecule has 0 spiro atoms. The molecular formula is C79H98ClF3N10O10S4. The quantitative estimate of drug-likeness (QED) is 0.0226. The number of halogens is 4. The van der Waals surface area contributed by atoms with Crippen molar-refractivity contribution in [3.05, 3.63) is 160 Å². The highest BCUT2D eigenvalue weighted by molar-refractivity contribution is 7.99. The number of thioether (sulfide) groups is 1. The van der Waals surface area contributed by atoms with Gasteiger partial charge in [-0.1, -0.05) is 113 Å². The third-order valence-electron chi connectivity index (χ3n) is 21.3. The van der Waals surface area contributed by atoms with Crippen LogP contribution in [0.3, 0.4) is 0 Å². The summed E-state index contributed by atoms with van der Waals surface area (Å²) in [4.78, 5) is 83.1. The van der Waals surface area contributed by atoms with Gasteiger partial charge in [-0.2, -0.15) is 13.2 Å². The number of aryl methyl sites for hydroxylation is 1. The number of sulfonamides is 1. The van der Waals surface area contributed by atoms with Crippen LogP contribution in [0.4, 0.5) is 24.5 Å². The zero-order valence-electron chi connectivity index (χ0n) is 61.7. The molecule has 5 amide bonds. The summed E-state index contributed by atoms with van der Waals surface area (Å²) >= 11 is 9.20. The van der Waals surface area contributed by atoms with Crippen molar-refractivity contribution < 1.29 is 59.1 Å². The number of thiazole rings is 1. The molecule has 0 radical (unpaired) electrons. The van der Waals surface area contributed by atoms with Crippen molar-refractivity contribution in [3.63, 3.8) is 0 Å². The number of hydrogen-bond donors (Lipinski definition) is 5. The molecule has 1 aromatic heterocycles. The summed E-state index contributed by atoms with van der Waals surface area (Å²) in [6.07, 6.45) is 4.55. The Labute approximate surface area is 640 Å². The molecule has 4 unspecified atom stereocenters. The van der Waals surface area contributed by atoms with Gasteiger partial charge >= 0.3 is 5.51 Å². The summed E-state index contributed by atoms with van der Waals surface area (Å²) in [7, 11) is -11.1. The Morgan fingerprint density at radius 3 is 2.09 bits per heavy atom. The first-order valence-corrected chi connectivity index (χ1v) is 42.0. The van der Waals surface area contributed by atoms with E-state index in [4.69, 9.17) is 11.6 Å². The fourth-order valence-corrected chi connectivity index (χ4v) is 19.2. The van der Waals surface area contributed by atoms with Gasteiger partial charge < -0.3 is 40.7 Å². The van der Waals surface area contributed by atoms with E-state index in [1.807, 2.05) is 111 Å². The molecule has 28 heteroatoms. The number of rotatable bonds is 28. The van der Waals surface area contributed by atoms with E-state index in [0.717, 1.165) is 83.3 Å². The van der Waals surface area contributed by atoms with Crippen LogP contribution in [0.1, 0.15) is 139 Å². The van der Waals surface area contributed by atoms with E-state index >= 15 is 0 Å². The van der Waals surface area contributed by atoms with Gasteiger partial charge in [-0.25, -0.2) is 26.5 Å². The van der Waals surface area contributed by atoms with Crippen LogP contribution in [0.15, 0.2) is 147 Å². The fourth-order valence-electron chi connectivity index (χ4n) is 15.3. The van der Waals surface area contributed by atoms with E-state index < -0.39 is 94.3 Å². The molecule has 11 rings (SSSR count). The number of β-amino-alcohol motifs (C(OH)–C–C–N with tert-alkyl or cyclic N) is 1. The highest BCUT2D eigenvalue weighted by atomic mass is 35.5. The number of carbonyl (C=O) groups is 5. The minimum absolute atomic E-state index is 0.00570. The third-order valence-corrected chi connectivity index (χ3v) is 26.6. The van der Waals surface area contributed by atoms with E-state index in [1.54, 1.807) is 29.0 Å². The number of carbonyl (C=O) groups excluding carboxylic acids is 5.